The van der Waals surface area contributed by atoms with E-state index in [-0.39, 0.29) is 12.6 Å². The van der Waals surface area contributed by atoms with E-state index < -0.39 is 0 Å². The number of amides is 2. The van der Waals surface area contributed by atoms with Crippen molar-refractivity contribution in [1.29, 1.82) is 0 Å². The molecule has 0 aromatic carbocycles. The summed E-state index contributed by atoms with van der Waals surface area (Å²) in [5.41, 5.74) is 0. The molecule has 0 aliphatic heterocycles. The highest BCUT2D eigenvalue weighted by Gasteiger charge is 2.28. The van der Waals surface area contributed by atoms with Crippen molar-refractivity contribution in [1.82, 2.24) is 20.4 Å². The predicted molar refractivity (Wildman–Crippen MR) is 64.2 cm³/mol. The fourth-order valence-corrected chi connectivity index (χ4v) is 1.95. The molecule has 2 N–H and O–H groups in total. The Labute approximate surface area is 107 Å². The van der Waals surface area contributed by atoms with Gasteiger partial charge in [0.25, 0.3) is 0 Å². The van der Waals surface area contributed by atoms with Crippen molar-refractivity contribution in [3.05, 3.63) is 23.3 Å². The zero-order valence-corrected chi connectivity index (χ0v) is 10.2. The standard InChI is InChI=1S/C10H11N5O2S/c16-9(14-10-11-3-4-18-10)12-5-7-13-8(15-17-7)6-1-2-6/h3-4,6H,1-2,5H2,(H2,11,12,14,16). The Kier molecular flexibility index (Phi) is 2.93. The van der Waals surface area contributed by atoms with Crippen LogP contribution in [0.1, 0.15) is 30.5 Å². The van der Waals surface area contributed by atoms with Gasteiger partial charge in [-0.05, 0) is 12.8 Å². The molecule has 3 rings (SSSR count). The zero-order valence-electron chi connectivity index (χ0n) is 9.42. The van der Waals surface area contributed by atoms with Crippen LogP contribution in [0, 0.1) is 0 Å². The molecule has 0 saturated heterocycles. The number of hydrogen-bond donors (Lipinski definition) is 2. The van der Waals surface area contributed by atoms with Gasteiger partial charge in [-0.15, -0.1) is 11.3 Å². The fourth-order valence-electron chi connectivity index (χ4n) is 1.43. The lowest BCUT2D eigenvalue weighted by Gasteiger charge is -2.01. The summed E-state index contributed by atoms with van der Waals surface area (Å²) >= 11 is 1.35. The first-order valence-corrected chi connectivity index (χ1v) is 6.46. The molecule has 7 nitrogen and oxygen atoms in total. The van der Waals surface area contributed by atoms with E-state index in [0.29, 0.717) is 16.9 Å². The summed E-state index contributed by atoms with van der Waals surface area (Å²) in [6, 6.07) is -0.337. The molecule has 2 aromatic heterocycles. The van der Waals surface area contributed by atoms with Gasteiger partial charge in [-0.25, -0.2) is 9.78 Å². The van der Waals surface area contributed by atoms with Gasteiger partial charge in [-0.3, -0.25) is 5.32 Å². The molecule has 0 spiro atoms. The molecule has 2 heterocycles. The monoisotopic (exact) mass is 265 g/mol. The van der Waals surface area contributed by atoms with Gasteiger partial charge in [0.1, 0.15) is 0 Å². The lowest BCUT2D eigenvalue weighted by atomic mass is 10.4. The van der Waals surface area contributed by atoms with Crippen LogP contribution in [0.4, 0.5) is 9.93 Å². The molecule has 1 fully saturated rings. The number of aromatic nitrogens is 3. The third-order valence-electron chi connectivity index (χ3n) is 2.48. The van der Waals surface area contributed by atoms with Crippen LogP contribution >= 0.6 is 11.3 Å². The summed E-state index contributed by atoms with van der Waals surface area (Å²) in [5, 5.41) is 11.4. The van der Waals surface area contributed by atoms with Gasteiger partial charge in [-0.2, -0.15) is 4.98 Å². The SMILES string of the molecule is O=C(NCc1nc(C2CC2)no1)Nc1nccs1. The number of anilines is 1. The summed E-state index contributed by atoms with van der Waals surface area (Å²) in [7, 11) is 0. The van der Waals surface area contributed by atoms with Crippen LogP contribution in [0.5, 0.6) is 0 Å². The van der Waals surface area contributed by atoms with Gasteiger partial charge in [0, 0.05) is 17.5 Å². The number of urea groups is 1. The van der Waals surface area contributed by atoms with Crippen LogP contribution in [0.25, 0.3) is 0 Å². The van der Waals surface area contributed by atoms with Crippen molar-refractivity contribution in [2.45, 2.75) is 25.3 Å². The summed E-state index contributed by atoms with van der Waals surface area (Å²) < 4.78 is 5.03. The highest BCUT2D eigenvalue weighted by Crippen LogP contribution is 2.37. The predicted octanol–water partition coefficient (Wildman–Crippen LogP) is 1.73. The van der Waals surface area contributed by atoms with Gasteiger partial charge >= 0.3 is 6.03 Å². The first-order chi connectivity index (χ1) is 8.81. The van der Waals surface area contributed by atoms with E-state index in [0.717, 1.165) is 18.7 Å². The first-order valence-electron chi connectivity index (χ1n) is 5.58. The normalized spacial score (nSPS) is 14.4. The van der Waals surface area contributed by atoms with Crippen molar-refractivity contribution in [2.24, 2.45) is 0 Å². The minimum atomic E-state index is -0.337. The van der Waals surface area contributed by atoms with E-state index in [1.54, 1.807) is 11.6 Å². The van der Waals surface area contributed by atoms with Crippen molar-refractivity contribution in [3.63, 3.8) is 0 Å². The van der Waals surface area contributed by atoms with Crippen LogP contribution < -0.4 is 10.6 Å². The molecular formula is C10H11N5O2S. The third-order valence-corrected chi connectivity index (χ3v) is 3.17. The topological polar surface area (TPSA) is 92.9 Å². The molecule has 94 valence electrons. The molecule has 0 bridgehead atoms. The third kappa shape index (κ3) is 2.65. The van der Waals surface area contributed by atoms with Crippen LogP contribution in [0.2, 0.25) is 0 Å². The maximum absolute atomic E-state index is 11.5. The van der Waals surface area contributed by atoms with Gasteiger partial charge in [0.05, 0.1) is 6.54 Å². The fraction of sp³-hybridized carbons (Fsp3) is 0.400. The maximum Gasteiger partial charge on any atom is 0.321 e. The van der Waals surface area contributed by atoms with Gasteiger partial charge < -0.3 is 9.84 Å². The van der Waals surface area contributed by atoms with Crippen molar-refractivity contribution in [3.8, 4) is 0 Å². The minimum Gasteiger partial charge on any atom is -0.337 e. The first kappa shape index (κ1) is 11.1. The van der Waals surface area contributed by atoms with Gasteiger partial charge in [0.2, 0.25) is 5.89 Å². The van der Waals surface area contributed by atoms with E-state index in [1.165, 1.54) is 11.3 Å². The molecule has 2 amide bonds. The quantitative estimate of drug-likeness (QED) is 0.878. The van der Waals surface area contributed by atoms with Crippen LogP contribution in [0.3, 0.4) is 0 Å². The molecular weight excluding hydrogens is 254 g/mol. The largest absolute Gasteiger partial charge is 0.337 e. The Balaban J connectivity index is 1.49. The van der Waals surface area contributed by atoms with E-state index in [1.807, 2.05) is 0 Å². The highest BCUT2D eigenvalue weighted by molar-refractivity contribution is 7.13. The smallest absolute Gasteiger partial charge is 0.321 e. The molecule has 0 radical (unpaired) electrons. The molecule has 8 heteroatoms. The van der Waals surface area contributed by atoms with Crippen LogP contribution in [-0.4, -0.2) is 21.2 Å². The van der Waals surface area contributed by atoms with E-state index in [2.05, 4.69) is 25.8 Å². The summed E-state index contributed by atoms with van der Waals surface area (Å²) in [5.74, 6) is 1.62. The van der Waals surface area contributed by atoms with E-state index in [9.17, 15) is 4.79 Å². The molecule has 1 saturated carbocycles. The Bertz CT molecular complexity index is 534. The second-order valence-electron chi connectivity index (χ2n) is 3.97. The lowest BCUT2D eigenvalue weighted by molar-refractivity contribution is 0.249. The van der Waals surface area contributed by atoms with Crippen LogP contribution in [-0.2, 0) is 6.54 Å². The molecule has 1 aliphatic carbocycles. The van der Waals surface area contributed by atoms with Crippen molar-refractivity contribution < 1.29 is 9.32 Å². The number of hydrogen-bond acceptors (Lipinski definition) is 6. The molecule has 0 atom stereocenters. The lowest BCUT2D eigenvalue weighted by Crippen LogP contribution is -2.28. The van der Waals surface area contributed by atoms with Gasteiger partial charge in [0.15, 0.2) is 11.0 Å². The van der Waals surface area contributed by atoms with Crippen molar-refractivity contribution in [2.75, 3.05) is 5.32 Å². The van der Waals surface area contributed by atoms with Crippen LogP contribution in [0.15, 0.2) is 16.1 Å². The Hall–Kier alpha value is -1.96. The Morgan fingerprint density at radius 1 is 1.56 bits per heavy atom. The highest BCUT2D eigenvalue weighted by atomic mass is 32.1. The Morgan fingerprint density at radius 3 is 3.17 bits per heavy atom. The molecule has 1 aliphatic rings. The second-order valence-corrected chi connectivity index (χ2v) is 4.86. The number of thiazole rings is 1. The number of rotatable bonds is 4. The van der Waals surface area contributed by atoms with E-state index in [4.69, 9.17) is 4.52 Å². The van der Waals surface area contributed by atoms with Crippen molar-refractivity contribution >= 4 is 22.5 Å². The number of nitrogens with one attached hydrogen (secondary N) is 2. The summed E-state index contributed by atoms with van der Waals surface area (Å²) in [6.45, 7) is 0.219. The maximum atomic E-state index is 11.5. The average molecular weight is 265 g/mol. The molecule has 0 unspecified atom stereocenters. The minimum absolute atomic E-state index is 0.219. The second kappa shape index (κ2) is 4.73. The number of nitrogens with zero attached hydrogens (tertiary/aromatic N) is 3. The zero-order chi connectivity index (χ0) is 12.4. The molecule has 18 heavy (non-hydrogen) atoms. The molecule has 2 aromatic rings. The van der Waals surface area contributed by atoms with Gasteiger partial charge in [-0.1, -0.05) is 5.16 Å². The van der Waals surface area contributed by atoms with E-state index >= 15 is 0 Å². The Morgan fingerprint density at radius 2 is 2.44 bits per heavy atom. The number of carbonyl (C=O) groups excluding carboxylic acids is 1. The summed E-state index contributed by atoms with van der Waals surface area (Å²) in [6.07, 6.45) is 3.87. The average Bonchev–Trinajstić information content (AvgIpc) is 2.90. The number of carbonyl (C=O) groups is 1. The summed E-state index contributed by atoms with van der Waals surface area (Å²) in [4.78, 5) is 19.6.